The molecule has 4 heteroatoms. The van der Waals surface area contributed by atoms with Crippen molar-refractivity contribution in [2.45, 2.75) is 50.2 Å². The molecule has 4 rings (SSSR count). The molecule has 0 saturated carbocycles. The average Bonchev–Trinajstić information content (AvgIpc) is 2.90. The predicted octanol–water partition coefficient (Wildman–Crippen LogP) is -0.416. The summed E-state index contributed by atoms with van der Waals surface area (Å²) in [7, 11) is 2.34. The number of nitrogens with zero attached hydrogens (tertiary/aromatic N) is 1. The molecule has 2 atom stereocenters. The van der Waals surface area contributed by atoms with E-state index in [1.54, 1.807) is 4.90 Å². The van der Waals surface area contributed by atoms with E-state index in [-0.39, 0.29) is 18.3 Å². The minimum absolute atomic E-state index is 0. The zero-order valence-corrected chi connectivity index (χ0v) is 16.7. The summed E-state index contributed by atoms with van der Waals surface area (Å²) in [5, 5.41) is 0. The maximum absolute atomic E-state index is 13.3. The van der Waals surface area contributed by atoms with Gasteiger partial charge in [0.05, 0.1) is 19.1 Å². The molecule has 0 radical (unpaired) electrons. The number of amides is 1. The lowest BCUT2D eigenvalue weighted by molar-refractivity contribution is -0.922. The smallest absolute Gasteiger partial charge is 0.254 e. The minimum Gasteiger partial charge on any atom is -1.00 e. The summed E-state index contributed by atoms with van der Waals surface area (Å²) < 4.78 is 0. The van der Waals surface area contributed by atoms with Gasteiger partial charge in [-0.15, -0.1) is 0 Å². The number of halogens is 1. The Morgan fingerprint density at radius 3 is 2.11 bits per heavy atom. The fraction of sp³-hybridized carbons (Fsp3) is 0.435. The topological polar surface area (TPSA) is 24.8 Å². The van der Waals surface area contributed by atoms with Crippen molar-refractivity contribution in [2.24, 2.45) is 0 Å². The lowest BCUT2D eigenvalue weighted by Crippen LogP contribution is -3.15. The third-order valence-corrected chi connectivity index (χ3v) is 6.47. The van der Waals surface area contributed by atoms with Crippen LogP contribution in [0.1, 0.15) is 41.6 Å². The molecule has 1 N–H and O–H groups in total. The van der Waals surface area contributed by atoms with Crippen LogP contribution in [0, 0.1) is 0 Å². The molecule has 3 nitrogen and oxygen atoms in total. The molecule has 2 aliphatic rings. The van der Waals surface area contributed by atoms with Gasteiger partial charge >= 0.3 is 0 Å². The van der Waals surface area contributed by atoms with Crippen LogP contribution < -0.4 is 17.3 Å². The van der Waals surface area contributed by atoms with Gasteiger partial charge in [-0.25, -0.2) is 0 Å². The Morgan fingerprint density at radius 2 is 1.52 bits per heavy atom. The van der Waals surface area contributed by atoms with E-state index < -0.39 is 0 Å². The van der Waals surface area contributed by atoms with E-state index >= 15 is 0 Å². The third kappa shape index (κ3) is 4.36. The molecular formula is C23H29ClN2O. The largest absolute Gasteiger partial charge is 1.00 e. The molecule has 2 aliphatic heterocycles. The maximum atomic E-state index is 13.3. The average molecular weight is 385 g/mol. The normalized spacial score (nSPS) is 26.3. The van der Waals surface area contributed by atoms with Crippen molar-refractivity contribution >= 4 is 5.91 Å². The Bertz CT molecular complexity index is 723. The van der Waals surface area contributed by atoms with Crippen LogP contribution in [0.25, 0.3) is 0 Å². The van der Waals surface area contributed by atoms with Crippen molar-refractivity contribution in [1.29, 1.82) is 0 Å². The summed E-state index contributed by atoms with van der Waals surface area (Å²) in [6, 6.07) is 22.2. The molecule has 2 bridgehead atoms. The van der Waals surface area contributed by atoms with Gasteiger partial charge < -0.3 is 22.2 Å². The number of rotatable bonds is 5. The quantitative estimate of drug-likeness (QED) is 0.744. The number of hydrogen-bond donors (Lipinski definition) is 1. The first-order valence-electron chi connectivity index (χ1n) is 9.95. The number of fused-ring (bicyclic) bond motifs is 2. The fourth-order valence-electron chi connectivity index (χ4n) is 4.90. The first-order chi connectivity index (χ1) is 12.7. The van der Waals surface area contributed by atoms with Crippen LogP contribution in [0.3, 0.4) is 0 Å². The van der Waals surface area contributed by atoms with Gasteiger partial charge in [0.25, 0.3) is 5.91 Å². The highest BCUT2D eigenvalue weighted by Crippen LogP contribution is 2.27. The van der Waals surface area contributed by atoms with Crippen LogP contribution in [0.2, 0.25) is 0 Å². The van der Waals surface area contributed by atoms with Gasteiger partial charge in [-0.3, -0.25) is 4.79 Å². The van der Waals surface area contributed by atoms with Gasteiger partial charge in [0.1, 0.15) is 0 Å². The van der Waals surface area contributed by atoms with E-state index in [0.29, 0.717) is 6.04 Å². The Hall–Kier alpha value is -1.84. The molecule has 144 valence electrons. The standard InChI is InChI=1S/C23H28N2O.ClH/c1-24-20-12-13-21(24)17-22(16-20)25(15-14-18-8-4-2-5-9-18)23(26)19-10-6-3-7-11-19;/h2-11,20-22H,12-17H2,1H3;1H. The molecule has 2 aromatic carbocycles. The highest BCUT2D eigenvalue weighted by atomic mass is 35.5. The maximum Gasteiger partial charge on any atom is 0.254 e. The fourth-order valence-corrected chi connectivity index (χ4v) is 4.90. The molecule has 2 unspecified atom stereocenters. The summed E-state index contributed by atoms with van der Waals surface area (Å²) in [5.74, 6) is 0.200. The Kier molecular flexibility index (Phi) is 6.56. The Morgan fingerprint density at radius 1 is 0.963 bits per heavy atom. The van der Waals surface area contributed by atoms with E-state index in [1.165, 1.54) is 18.4 Å². The summed E-state index contributed by atoms with van der Waals surface area (Å²) >= 11 is 0. The molecule has 0 aliphatic carbocycles. The first-order valence-corrected chi connectivity index (χ1v) is 9.95. The third-order valence-electron chi connectivity index (χ3n) is 6.47. The second-order valence-corrected chi connectivity index (χ2v) is 7.94. The monoisotopic (exact) mass is 384 g/mol. The van der Waals surface area contributed by atoms with E-state index in [2.05, 4.69) is 36.2 Å². The van der Waals surface area contributed by atoms with Gasteiger partial charge in [-0.2, -0.15) is 0 Å². The summed E-state index contributed by atoms with van der Waals surface area (Å²) in [6.07, 6.45) is 5.86. The predicted molar refractivity (Wildman–Crippen MR) is 104 cm³/mol. The number of piperidine rings is 1. The van der Waals surface area contributed by atoms with Crippen LogP contribution in [0.15, 0.2) is 60.7 Å². The number of nitrogens with one attached hydrogen (secondary N) is 1. The number of quaternary nitrogens is 1. The Labute approximate surface area is 168 Å². The first kappa shape index (κ1) is 19.9. The van der Waals surface area contributed by atoms with Gasteiger partial charge in [0, 0.05) is 43.8 Å². The van der Waals surface area contributed by atoms with Gasteiger partial charge in [-0.05, 0) is 24.1 Å². The molecule has 2 fully saturated rings. The lowest BCUT2D eigenvalue weighted by Gasteiger charge is -2.40. The number of carbonyl (C=O) groups excluding carboxylic acids is 1. The zero-order valence-electron chi connectivity index (χ0n) is 16.0. The molecule has 27 heavy (non-hydrogen) atoms. The second kappa shape index (κ2) is 8.90. The zero-order chi connectivity index (χ0) is 17.9. The molecule has 1 amide bonds. The van der Waals surface area contributed by atoms with Crippen LogP contribution in [0.4, 0.5) is 0 Å². The van der Waals surface area contributed by atoms with Crippen LogP contribution >= 0.6 is 0 Å². The number of hydrogen-bond acceptors (Lipinski definition) is 1. The summed E-state index contributed by atoms with van der Waals surface area (Å²) in [6.45, 7) is 0.806. The van der Waals surface area contributed by atoms with E-state index in [4.69, 9.17) is 0 Å². The number of benzene rings is 2. The van der Waals surface area contributed by atoms with Crippen molar-refractivity contribution in [3.8, 4) is 0 Å². The SMILES string of the molecule is C[NH+]1C2CCC1CC(N(CCc1ccccc1)C(=O)c1ccccc1)C2.[Cl-]. The molecular weight excluding hydrogens is 356 g/mol. The number of carbonyl (C=O) groups is 1. The summed E-state index contributed by atoms with van der Waals surface area (Å²) in [4.78, 5) is 17.2. The molecule has 2 saturated heterocycles. The van der Waals surface area contributed by atoms with Crippen molar-refractivity contribution in [3.63, 3.8) is 0 Å². The molecule has 2 aromatic rings. The highest BCUT2D eigenvalue weighted by Gasteiger charge is 2.44. The van der Waals surface area contributed by atoms with Crippen LogP contribution in [-0.2, 0) is 6.42 Å². The molecule has 2 heterocycles. The van der Waals surface area contributed by atoms with E-state index in [0.717, 1.165) is 43.5 Å². The van der Waals surface area contributed by atoms with Crippen molar-refractivity contribution in [1.82, 2.24) is 4.90 Å². The second-order valence-electron chi connectivity index (χ2n) is 7.94. The molecule has 0 aromatic heterocycles. The van der Waals surface area contributed by atoms with Gasteiger partial charge in [-0.1, -0.05) is 48.5 Å². The van der Waals surface area contributed by atoms with Crippen molar-refractivity contribution < 1.29 is 22.1 Å². The lowest BCUT2D eigenvalue weighted by atomic mass is 9.95. The molecule has 0 spiro atoms. The van der Waals surface area contributed by atoms with E-state index in [1.807, 2.05) is 36.4 Å². The van der Waals surface area contributed by atoms with Gasteiger partial charge in [0.15, 0.2) is 0 Å². The highest BCUT2D eigenvalue weighted by molar-refractivity contribution is 5.94. The summed E-state index contributed by atoms with van der Waals surface area (Å²) in [5.41, 5.74) is 2.12. The van der Waals surface area contributed by atoms with E-state index in [9.17, 15) is 4.79 Å². The Balaban J connectivity index is 0.00000210. The van der Waals surface area contributed by atoms with Gasteiger partial charge in [0.2, 0.25) is 0 Å². The minimum atomic E-state index is 0. The van der Waals surface area contributed by atoms with Crippen LogP contribution in [0.5, 0.6) is 0 Å². The van der Waals surface area contributed by atoms with Crippen molar-refractivity contribution in [3.05, 3.63) is 71.8 Å². The van der Waals surface area contributed by atoms with Crippen molar-refractivity contribution in [2.75, 3.05) is 13.6 Å². The van der Waals surface area contributed by atoms with Crippen LogP contribution in [-0.4, -0.2) is 42.5 Å².